The highest BCUT2D eigenvalue weighted by Crippen LogP contribution is 2.41. The predicted molar refractivity (Wildman–Crippen MR) is 128 cm³/mol. The lowest BCUT2D eigenvalue weighted by atomic mass is 10.1. The van der Waals surface area contributed by atoms with Crippen LogP contribution in [0.5, 0.6) is 28.7 Å². The number of methoxy groups -OCH3 is 2. The fraction of sp³-hybridized carbons (Fsp3) is 0.208. The van der Waals surface area contributed by atoms with Crippen LogP contribution in [0.1, 0.15) is 18.1 Å². The molecule has 3 heterocycles. The van der Waals surface area contributed by atoms with E-state index in [4.69, 9.17) is 29.1 Å². The van der Waals surface area contributed by atoms with Crippen molar-refractivity contribution in [2.75, 3.05) is 21.0 Å². The van der Waals surface area contributed by atoms with Crippen LogP contribution in [0.3, 0.4) is 0 Å². The number of hydrogen-bond acceptors (Lipinski definition) is 8. The Morgan fingerprint density at radius 1 is 1.15 bits per heavy atom. The molecule has 0 saturated heterocycles. The molecular weight excluding hydrogens is 458 g/mol. The molecule has 0 aromatic heterocycles. The number of hydrogen-bond donors (Lipinski definition) is 1. The predicted octanol–water partition coefficient (Wildman–Crippen LogP) is 4.18. The molecule has 0 fully saturated rings. The first kappa shape index (κ1) is 21.9. The van der Waals surface area contributed by atoms with E-state index in [1.165, 1.54) is 26.0 Å². The molecule has 0 radical (unpaired) electrons. The van der Waals surface area contributed by atoms with E-state index in [0.717, 1.165) is 11.3 Å². The Morgan fingerprint density at radius 3 is 2.62 bits per heavy atom. The van der Waals surface area contributed by atoms with Crippen LogP contribution in [0.2, 0.25) is 0 Å². The number of amides is 1. The van der Waals surface area contributed by atoms with Crippen molar-refractivity contribution in [1.82, 2.24) is 4.90 Å². The lowest BCUT2D eigenvalue weighted by Gasteiger charge is -2.25. The van der Waals surface area contributed by atoms with Crippen LogP contribution in [0.25, 0.3) is 6.08 Å². The van der Waals surface area contributed by atoms with Gasteiger partial charge in [0.05, 0.1) is 19.8 Å². The van der Waals surface area contributed by atoms with Gasteiger partial charge in [0, 0.05) is 5.70 Å². The molecule has 1 N–H and O–H groups in total. The molecule has 34 heavy (non-hydrogen) atoms. The number of carbonyl (C=O) groups is 1. The molecule has 3 aliphatic rings. The Kier molecular flexibility index (Phi) is 5.66. The molecule has 3 aliphatic heterocycles. The molecule has 174 valence electrons. The third-order valence-corrected chi connectivity index (χ3v) is 6.34. The number of carbonyl (C=O) groups excluding carboxylic acids is 1. The van der Waals surface area contributed by atoms with E-state index in [9.17, 15) is 4.79 Å². The molecule has 0 aliphatic carbocycles. The van der Waals surface area contributed by atoms with Gasteiger partial charge in [0.1, 0.15) is 12.4 Å². The summed E-state index contributed by atoms with van der Waals surface area (Å²) in [6.07, 6.45) is 1.61. The highest BCUT2D eigenvalue weighted by Gasteiger charge is 2.34. The summed E-state index contributed by atoms with van der Waals surface area (Å²) in [5.74, 6) is 2.27. The zero-order chi connectivity index (χ0) is 23.8. The first-order chi connectivity index (χ1) is 16.5. The maximum absolute atomic E-state index is 12.6. The second-order valence-electron chi connectivity index (χ2n) is 7.55. The lowest BCUT2D eigenvalue weighted by Crippen LogP contribution is -2.37. The molecule has 0 saturated carbocycles. The summed E-state index contributed by atoms with van der Waals surface area (Å²) < 4.78 is 27.9. The maximum Gasteiger partial charge on any atom is 0.283 e. The molecule has 1 amide bonds. The van der Waals surface area contributed by atoms with Crippen LogP contribution in [-0.2, 0) is 11.4 Å². The Labute approximate surface area is 200 Å². The summed E-state index contributed by atoms with van der Waals surface area (Å²) in [6.45, 7) is 2.33. The van der Waals surface area contributed by atoms with Crippen molar-refractivity contribution in [2.45, 2.75) is 13.5 Å². The normalized spacial score (nSPS) is 17.5. The fourth-order valence-electron chi connectivity index (χ4n) is 3.72. The number of fused-ring (bicyclic) bond motifs is 2. The molecule has 5 rings (SSSR count). The van der Waals surface area contributed by atoms with E-state index in [1.807, 2.05) is 30.5 Å². The van der Waals surface area contributed by atoms with Gasteiger partial charge < -0.3 is 23.7 Å². The van der Waals surface area contributed by atoms with Crippen molar-refractivity contribution in [3.8, 4) is 28.7 Å². The third-order valence-electron chi connectivity index (χ3n) is 5.40. The Morgan fingerprint density at radius 2 is 1.88 bits per heavy atom. The zero-order valence-electron chi connectivity index (χ0n) is 18.7. The maximum atomic E-state index is 12.6. The number of nitrogens with one attached hydrogen (secondary N) is 1. The van der Waals surface area contributed by atoms with Crippen molar-refractivity contribution in [3.63, 3.8) is 0 Å². The van der Waals surface area contributed by atoms with Gasteiger partial charge in [0.2, 0.25) is 12.5 Å². The molecule has 0 bridgehead atoms. The van der Waals surface area contributed by atoms with Gasteiger partial charge >= 0.3 is 0 Å². The summed E-state index contributed by atoms with van der Waals surface area (Å²) in [6, 6.07) is 9.05. The minimum atomic E-state index is -0.465. The van der Waals surface area contributed by atoms with Crippen LogP contribution in [0.4, 0.5) is 0 Å². The second-order valence-corrected chi connectivity index (χ2v) is 8.39. The highest BCUT2D eigenvalue weighted by atomic mass is 32.2. The van der Waals surface area contributed by atoms with Gasteiger partial charge in [0.25, 0.3) is 5.91 Å². The number of nitrogens with zero attached hydrogens (tertiary/aromatic N) is 2. The van der Waals surface area contributed by atoms with Crippen LogP contribution in [-0.4, -0.2) is 42.8 Å². The van der Waals surface area contributed by atoms with Gasteiger partial charge in [-0.2, -0.15) is 4.99 Å². The SMILES string of the molecule is COc1cc(C=C2C(=N)N3C(C)=CSC3=NC2=O)cc(OC)c1OCc1ccc2c(c1)OCO2. The molecule has 10 heteroatoms. The molecule has 9 nitrogen and oxygen atoms in total. The number of rotatable bonds is 6. The summed E-state index contributed by atoms with van der Waals surface area (Å²) in [5, 5.41) is 10.9. The summed E-state index contributed by atoms with van der Waals surface area (Å²) in [4.78, 5) is 18.4. The van der Waals surface area contributed by atoms with Gasteiger partial charge in [-0.05, 0) is 53.8 Å². The number of ether oxygens (including phenoxy) is 5. The average Bonchev–Trinajstić information content (AvgIpc) is 3.46. The first-order valence-corrected chi connectivity index (χ1v) is 11.2. The van der Waals surface area contributed by atoms with Crippen LogP contribution in [0.15, 0.2) is 52.0 Å². The molecule has 0 atom stereocenters. The number of thioether (sulfide) groups is 1. The smallest absolute Gasteiger partial charge is 0.283 e. The summed E-state index contributed by atoms with van der Waals surface area (Å²) in [7, 11) is 3.05. The minimum Gasteiger partial charge on any atom is -0.493 e. The minimum absolute atomic E-state index is 0.0785. The summed E-state index contributed by atoms with van der Waals surface area (Å²) in [5.41, 5.74) is 2.53. The monoisotopic (exact) mass is 479 g/mol. The number of amidine groups is 2. The van der Waals surface area contributed by atoms with E-state index in [1.54, 1.807) is 23.1 Å². The van der Waals surface area contributed by atoms with E-state index >= 15 is 0 Å². The molecule has 0 unspecified atom stereocenters. The van der Waals surface area contributed by atoms with Crippen LogP contribution >= 0.6 is 11.8 Å². The van der Waals surface area contributed by atoms with E-state index in [-0.39, 0.29) is 24.8 Å². The molecule has 0 spiro atoms. The van der Waals surface area contributed by atoms with Crippen molar-refractivity contribution < 1.29 is 28.5 Å². The van der Waals surface area contributed by atoms with Crippen molar-refractivity contribution in [1.29, 1.82) is 5.41 Å². The summed E-state index contributed by atoms with van der Waals surface area (Å²) >= 11 is 1.33. The van der Waals surface area contributed by atoms with Crippen molar-refractivity contribution in [2.24, 2.45) is 4.99 Å². The van der Waals surface area contributed by atoms with E-state index in [0.29, 0.717) is 39.5 Å². The van der Waals surface area contributed by atoms with Gasteiger partial charge in [-0.25, -0.2) is 0 Å². The number of allylic oxidation sites excluding steroid dienone is 1. The van der Waals surface area contributed by atoms with Crippen LogP contribution in [0, 0.1) is 5.41 Å². The van der Waals surface area contributed by atoms with Gasteiger partial charge in [-0.15, -0.1) is 0 Å². The Hall–Kier alpha value is -3.92. The van der Waals surface area contributed by atoms with Gasteiger partial charge in [-0.1, -0.05) is 17.8 Å². The number of aliphatic imine (C=N–C) groups is 1. The largest absolute Gasteiger partial charge is 0.493 e. The zero-order valence-corrected chi connectivity index (χ0v) is 19.5. The van der Waals surface area contributed by atoms with Gasteiger partial charge in [0.15, 0.2) is 28.2 Å². The molecular formula is C24H21N3O6S. The number of benzene rings is 2. The molecule has 2 aromatic carbocycles. The Bertz CT molecular complexity index is 1270. The van der Waals surface area contributed by atoms with Crippen LogP contribution < -0.4 is 23.7 Å². The Balaban J connectivity index is 1.43. The third kappa shape index (κ3) is 3.86. The quantitative estimate of drug-likeness (QED) is 0.616. The first-order valence-electron chi connectivity index (χ1n) is 10.3. The van der Waals surface area contributed by atoms with E-state index < -0.39 is 5.91 Å². The fourth-order valence-corrected chi connectivity index (χ4v) is 4.58. The second kappa shape index (κ2) is 8.79. The van der Waals surface area contributed by atoms with Crippen molar-refractivity contribution in [3.05, 3.63) is 58.1 Å². The standard InChI is InChI=1S/C24H21N3O6S/c1-13-11-34-24-26-23(28)16(22(25)27(13)24)6-15-8-19(29-2)21(20(9-15)30-3)31-10-14-4-5-17-18(7-14)33-12-32-17/h4-9,11,25H,10,12H2,1-3H3. The van der Waals surface area contributed by atoms with Gasteiger partial charge in [-0.3, -0.25) is 15.1 Å². The highest BCUT2D eigenvalue weighted by molar-refractivity contribution is 8.16. The lowest BCUT2D eigenvalue weighted by molar-refractivity contribution is -0.114. The average molecular weight is 480 g/mol. The molecule has 2 aromatic rings. The topological polar surface area (TPSA) is 103 Å². The van der Waals surface area contributed by atoms with E-state index in [2.05, 4.69) is 4.99 Å². The van der Waals surface area contributed by atoms with Crippen molar-refractivity contribution >= 4 is 34.7 Å².